The molecule has 0 aromatic rings. The summed E-state index contributed by atoms with van der Waals surface area (Å²) in [6.45, 7) is 7.23. The normalized spacial score (nSPS) is 37.2. The van der Waals surface area contributed by atoms with Crippen LogP contribution >= 0.6 is 0 Å². The molecule has 0 aromatic carbocycles. The van der Waals surface area contributed by atoms with Gasteiger partial charge in [0.25, 0.3) is 0 Å². The minimum Gasteiger partial charge on any atom is -0.306 e. The highest BCUT2D eigenvalue weighted by molar-refractivity contribution is 4.86. The average Bonchev–Trinajstić information content (AvgIpc) is 2.20. The maximum Gasteiger partial charge on any atom is 0.0117 e. The lowest BCUT2D eigenvalue weighted by Crippen LogP contribution is -2.43. The van der Waals surface area contributed by atoms with Gasteiger partial charge >= 0.3 is 0 Å². The first-order valence-corrected chi connectivity index (χ1v) is 6.74. The highest BCUT2D eigenvalue weighted by atomic mass is 15.1. The number of nitrogens with zero attached hydrogens (tertiary/aromatic N) is 1. The molecule has 4 unspecified atom stereocenters. The Morgan fingerprint density at radius 1 is 1.07 bits per heavy atom. The van der Waals surface area contributed by atoms with E-state index in [-0.39, 0.29) is 0 Å². The summed E-state index contributed by atoms with van der Waals surface area (Å²) in [6.07, 6.45) is 7.10. The van der Waals surface area contributed by atoms with Crippen molar-refractivity contribution in [3.8, 4) is 0 Å². The van der Waals surface area contributed by atoms with Crippen LogP contribution in [0.25, 0.3) is 0 Å². The third-order valence-corrected chi connectivity index (χ3v) is 4.60. The van der Waals surface area contributed by atoms with E-state index in [0.717, 1.165) is 23.8 Å². The fraction of sp³-hybridized carbons (Fsp3) is 1.00. The molecule has 1 aliphatic carbocycles. The van der Waals surface area contributed by atoms with Crippen LogP contribution in [0.5, 0.6) is 0 Å². The van der Waals surface area contributed by atoms with E-state index in [1.54, 1.807) is 0 Å². The van der Waals surface area contributed by atoms with Crippen molar-refractivity contribution in [3.63, 3.8) is 0 Å². The van der Waals surface area contributed by atoms with Gasteiger partial charge < -0.3 is 4.90 Å². The average molecular weight is 211 g/mol. The van der Waals surface area contributed by atoms with Gasteiger partial charge in [-0.15, -0.1) is 0 Å². The van der Waals surface area contributed by atoms with Crippen molar-refractivity contribution < 1.29 is 0 Å². The van der Waals surface area contributed by atoms with Crippen molar-refractivity contribution in [1.82, 2.24) is 4.90 Å². The molecule has 0 heterocycles. The number of hydrogen-bond acceptors (Lipinski definition) is 1. The molecule has 0 radical (unpaired) electrons. The molecule has 4 atom stereocenters. The third kappa shape index (κ3) is 3.21. The van der Waals surface area contributed by atoms with Crippen molar-refractivity contribution in [3.05, 3.63) is 0 Å². The maximum atomic E-state index is 2.47. The fourth-order valence-corrected chi connectivity index (χ4v) is 3.29. The molecular formula is C14H29N. The molecule has 1 saturated carbocycles. The number of rotatable bonds is 4. The number of unbranched alkanes of at least 4 members (excludes halogenated alkanes) is 1. The Labute approximate surface area is 96.2 Å². The lowest BCUT2D eigenvalue weighted by Gasteiger charge is -2.43. The standard InChI is InChI=1S/C14H29N/c1-6-7-8-13-9-10-14(15(4)5)12(3)11(13)2/h11-14H,6-10H2,1-5H3. The van der Waals surface area contributed by atoms with Gasteiger partial charge in [0.05, 0.1) is 0 Å². The molecule has 1 rings (SSSR count). The van der Waals surface area contributed by atoms with E-state index in [1.165, 1.54) is 32.1 Å². The minimum absolute atomic E-state index is 0.817. The Morgan fingerprint density at radius 3 is 2.27 bits per heavy atom. The van der Waals surface area contributed by atoms with E-state index < -0.39 is 0 Å². The lowest BCUT2D eigenvalue weighted by molar-refractivity contribution is 0.0738. The summed E-state index contributed by atoms with van der Waals surface area (Å²) >= 11 is 0. The first-order valence-electron chi connectivity index (χ1n) is 6.74. The van der Waals surface area contributed by atoms with Crippen LogP contribution in [0.15, 0.2) is 0 Å². The van der Waals surface area contributed by atoms with Crippen LogP contribution in [0, 0.1) is 17.8 Å². The predicted molar refractivity (Wildman–Crippen MR) is 68.1 cm³/mol. The Balaban J connectivity index is 2.48. The van der Waals surface area contributed by atoms with Crippen LogP contribution in [0.4, 0.5) is 0 Å². The first-order chi connectivity index (χ1) is 7.07. The Kier molecular flexibility index (Phi) is 5.11. The third-order valence-electron chi connectivity index (χ3n) is 4.60. The van der Waals surface area contributed by atoms with Crippen molar-refractivity contribution in [2.75, 3.05) is 14.1 Å². The summed E-state index contributed by atoms with van der Waals surface area (Å²) in [4.78, 5) is 2.43. The Bertz CT molecular complexity index is 176. The van der Waals surface area contributed by atoms with Crippen molar-refractivity contribution in [1.29, 1.82) is 0 Å². The molecule has 1 heteroatoms. The second kappa shape index (κ2) is 5.89. The largest absolute Gasteiger partial charge is 0.306 e. The number of hydrogen-bond donors (Lipinski definition) is 0. The Morgan fingerprint density at radius 2 is 1.73 bits per heavy atom. The summed E-state index contributed by atoms with van der Waals surface area (Å²) in [5.74, 6) is 2.78. The molecule has 90 valence electrons. The van der Waals surface area contributed by atoms with Crippen molar-refractivity contribution in [2.45, 2.75) is 58.9 Å². The molecule has 1 nitrogen and oxygen atoms in total. The fourth-order valence-electron chi connectivity index (χ4n) is 3.29. The van der Waals surface area contributed by atoms with Crippen LogP contribution in [0.1, 0.15) is 52.9 Å². The van der Waals surface area contributed by atoms with Gasteiger partial charge in [0.15, 0.2) is 0 Å². The van der Waals surface area contributed by atoms with Crippen LogP contribution in [-0.4, -0.2) is 25.0 Å². The maximum absolute atomic E-state index is 2.47. The van der Waals surface area contributed by atoms with Gasteiger partial charge in [0, 0.05) is 6.04 Å². The van der Waals surface area contributed by atoms with Gasteiger partial charge in [-0.05, 0) is 44.7 Å². The summed E-state index contributed by atoms with van der Waals surface area (Å²) in [6, 6.07) is 0.817. The Hall–Kier alpha value is -0.0400. The van der Waals surface area contributed by atoms with E-state index in [1.807, 2.05) is 0 Å². The summed E-state index contributed by atoms with van der Waals surface area (Å²) in [5.41, 5.74) is 0. The van der Waals surface area contributed by atoms with Gasteiger partial charge in [-0.1, -0.05) is 40.0 Å². The zero-order valence-corrected chi connectivity index (χ0v) is 11.3. The zero-order valence-electron chi connectivity index (χ0n) is 11.3. The van der Waals surface area contributed by atoms with Gasteiger partial charge in [0.2, 0.25) is 0 Å². The van der Waals surface area contributed by atoms with Crippen LogP contribution in [0.3, 0.4) is 0 Å². The topological polar surface area (TPSA) is 3.24 Å². The summed E-state index contributed by atoms with van der Waals surface area (Å²) < 4.78 is 0. The van der Waals surface area contributed by atoms with Gasteiger partial charge in [-0.3, -0.25) is 0 Å². The molecule has 15 heavy (non-hydrogen) atoms. The molecule has 0 N–H and O–H groups in total. The molecule has 1 aliphatic rings. The first kappa shape index (κ1) is 13.0. The van der Waals surface area contributed by atoms with E-state index in [9.17, 15) is 0 Å². The van der Waals surface area contributed by atoms with Gasteiger partial charge in [0.1, 0.15) is 0 Å². The van der Waals surface area contributed by atoms with Crippen molar-refractivity contribution in [2.24, 2.45) is 17.8 Å². The van der Waals surface area contributed by atoms with E-state index >= 15 is 0 Å². The van der Waals surface area contributed by atoms with Gasteiger partial charge in [-0.2, -0.15) is 0 Å². The van der Waals surface area contributed by atoms with Crippen LogP contribution in [0.2, 0.25) is 0 Å². The van der Waals surface area contributed by atoms with E-state index in [4.69, 9.17) is 0 Å². The highest BCUT2D eigenvalue weighted by Gasteiger charge is 2.34. The molecule has 0 aliphatic heterocycles. The smallest absolute Gasteiger partial charge is 0.0117 e. The second-order valence-corrected chi connectivity index (χ2v) is 5.73. The van der Waals surface area contributed by atoms with Crippen LogP contribution < -0.4 is 0 Å². The van der Waals surface area contributed by atoms with Gasteiger partial charge in [-0.25, -0.2) is 0 Å². The molecule has 0 saturated heterocycles. The molecular weight excluding hydrogens is 182 g/mol. The molecule has 0 aromatic heterocycles. The zero-order chi connectivity index (χ0) is 11.4. The summed E-state index contributed by atoms with van der Waals surface area (Å²) in [7, 11) is 4.47. The lowest BCUT2D eigenvalue weighted by atomic mass is 9.69. The summed E-state index contributed by atoms with van der Waals surface area (Å²) in [5, 5.41) is 0. The monoisotopic (exact) mass is 211 g/mol. The highest BCUT2D eigenvalue weighted by Crippen LogP contribution is 2.38. The quantitative estimate of drug-likeness (QED) is 0.684. The predicted octanol–water partition coefficient (Wildman–Crippen LogP) is 3.79. The minimum atomic E-state index is 0.817. The molecule has 1 fully saturated rings. The van der Waals surface area contributed by atoms with Crippen molar-refractivity contribution >= 4 is 0 Å². The SMILES string of the molecule is CCCCC1CCC(N(C)C)C(C)C1C. The second-order valence-electron chi connectivity index (χ2n) is 5.73. The van der Waals surface area contributed by atoms with E-state index in [0.29, 0.717) is 0 Å². The molecule has 0 spiro atoms. The molecule has 0 amide bonds. The molecule has 0 bridgehead atoms. The van der Waals surface area contributed by atoms with E-state index in [2.05, 4.69) is 39.8 Å². The van der Waals surface area contributed by atoms with Crippen LogP contribution in [-0.2, 0) is 0 Å².